The fraction of sp³-hybridized carbons (Fsp3) is 0. The van der Waals surface area contributed by atoms with Gasteiger partial charge < -0.3 is 9.13 Å². The van der Waals surface area contributed by atoms with Gasteiger partial charge in [-0.05, 0) is 72.8 Å². The van der Waals surface area contributed by atoms with E-state index < -0.39 is 0 Å². The third-order valence-electron chi connectivity index (χ3n) is 10.1. The second-order valence-corrected chi connectivity index (χ2v) is 12.8. The zero-order valence-electron chi connectivity index (χ0n) is 26.8. The number of benzene rings is 6. The Morgan fingerprint density at radius 3 is 1.26 bits per heavy atom. The number of nitrogens with zero attached hydrogens (tertiary/aromatic N) is 6. The molecule has 6 aromatic carbocycles. The van der Waals surface area contributed by atoms with Crippen LogP contribution in [0.5, 0.6) is 0 Å². The molecule has 0 aliphatic rings. The highest BCUT2D eigenvalue weighted by atomic mass is 15.1. The standard InChI is InChI=1S/C44H28N6/c1-3-11-31(12-4-1)47-21-19-29-23-41-35(25-39(29)47)33-15-7-9-17-37(33)49(41)43-27-44(46-28-45-43)50-38-18-10-8-16-34(38)36-26-40-30(24-42(36)50)20-22-48(40)32-13-5-2-6-14-32/h1-28H. The average Bonchev–Trinajstić information content (AvgIpc) is 3.94. The molecule has 0 amide bonds. The predicted molar refractivity (Wildman–Crippen MR) is 204 cm³/mol. The number of aromatic nitrogens is 6. The molecule has 0 radical (unpaired) electrons. The SMILES string of the molecule is c1ccc(-n2ccc3cc4c(cc32)c2ccccc2n4-c2cc(-n3c4ccccc4c4cc5c(ccn5-c5ccccc5)cc43)ncn2)cc1. The van der Waals surface area contributed by atoms with Crippen LogP contribution in [-0.2, 0) is 0 Å². The molecular weight excluding hydrogens is 613 g/mol. The molecule has 0 saturated heterocycles. The van der Waals surface area contributed by atoms with Crippen molar-refractivity contribution < 1.29 is 0 Å². The lowest BCUT2D eigenvalue weighted by Crippen LogP contribution is -2.03. The van der Waals surface area contributed by atoms with Gasteiger partial charge in [-0.15, -0.1) is 0 Å². The van der Waals surface area contributed by atoms with Gasteiger partial charge in [0.1, 0.15) is 18.0 Å². The number of hydrogen-bond acceptors (Lipinski definition) is 2. The highest BCUT2D eigenvalue weighted by Crippen LogP contribution is 2.38. The molecule has 6 nitrogen and oxygen atoms in total. The minimum Gasteiger partial charge on any atom is -0.317 e. The van der Waals surface area contributed by atoms with Gasteiger partial charge in [-0.1, -0.05) is 72.8 Å². The molecule has 0 bridgehead atoms. The maximum absolute atomic E-state index is 4.90. The van der Waals surface area contributed by atoms with Gasteiger partial charge in [-0.25, -0.2) is 9.97 Å². The smallest absolute Gasteiger partial charge is 0.143 e. The minimum atomic E-state index is 0.824. The zero-order chi connectivity index (χ0) is 32.8. The maximum Gasteiger partial charge on any atom is 0.143 e. The Bertz CT molecular complexity index is 2880. The van der Waals surface area contributed by atoms with Crippen LogP contribution in [-0.4, -0.2) is 28.2 Å². The van der Waals surface area contributed by atoms with Crippen molar-refractivity contribution in [3.63, 3.8) is 0 Å². The molecule has 234 valence electrons. The largest absolute Gasteiger partial charge is 0.317 e. The Morgan fingerprint density at radius 2 is 0.780 bits per heavy atom. The van der Waals surface area contributed by atoms with Gasteiger partial charge in [0.2, 0.25) is 0 Å². The highest BCUT2D eigenvalue weighted by molar-refractivity contribution is 6.14. The van der Waals surface area contributed by atoms with E-state index in [2.05, 4.69) is 182 Å². The molecule has 0 saturated carbocycles. The van der Waals surface area contributed by atoms with Gasteiger partial charge in [-0.3, -0.25) is 9.13 Å². The zero-order valence-corrected chi connectivity index (χ0v) is 26.8. The third-order valence-corrected chi connectivity index (χ3v) is 10.1. The predicted octanol–water partition coefficient (Wildman–Crippen LogP) is 10.6. The van der Waals surface area contributed by atoms with Crippen molar-refractivity contribution in [1.82, 2.24) is 28.2 Å². The first-order valence-corrected chi connectivity index (χ1v) is 16.8. The maximum atomic E-state index is 4.90. The third kappa shape index (κ3) is 3.84. The molecule has 6 heteroatoms. The summed E-state index contributed by atoms with van der Waals surface area (Å²) in [6, 6.07) is 54.0. The minimum absolute atomic E-state index is 0.824. The molecule has 0 aliphatic carbocycles. The van der Waals surface area contributed by atoms with Gasteiger partial charge in [0.05, 0.1) is 33.1 Å². The molecule has 5 heterocycles. The lowest BCUT2D eigenvalue weighted by molar-refractivity contribution is 0.987. The summed E-state index contributed by atoms with van der Waals surface area (Å²) in [5, 5.41) is 7.10. The Labute approximate surface area is 286 Å². The van der Waals surface area contributed by atoms with Crippen LogP contribution in [0.1, 0.15) is 0 Å². The van der Waals surface area contributed by atoms with Crippen molar-refractivity contribution in [2.24, 2.45) is 0 Å². The molecule has 50 heavy (non-hydrogen) atoms. The van der Waals surface area contributed by atoms with E-state index >= 15 is 0 Å². The van der Waals surface area contributed by atoms with Crippen LogP contribution in [0.2, 0.25) is 0 Å². The fourth-order valence-electron chi connectivity index (χ4n) is 7.90. The van der Waals surface area contributed by atoms with Gasteiger partial charge in [-0.2, -0.15) is 0 Å². The Hall–Kier alpha value is -6.92. The van der Waals surface area contributed by atoms with Crippen LogP contribution in [0.25, 0.3) is 88.4 Å². The van der Waals surface area contributed by atoms with E-state index in [-0.39, 0.29) is 0 Å². The fourth-order valence-corrected chi connectivity index (χ4v) is 7.90. The van der Waals surface area contributed by atoms with Crippen LogP contribution in [0.3, 0.4) is 0 Å². The summed E-state index contributed by atoms with van der Waals surface area (Å²) in [6.45, 7) is 0. The number of para-hydroxylation sites is 4. The van der Waals surface area contributed by atoms with E-state index in [1.54, 1.807) is 6.33 Å². The first-order valence-electron chi connectivity index (χ1n) is 16.8. The van der Waals surface area contributed by atoms with E-state index in [9.17, 15) is 0 Å². The molecule has 0 spiro atoms. The normalized spacial score (nSPS) is 12.0. The summed E-state index contributed by atoms with van der Waals surface area (Å²) in [5.74, 6) is 1.65. The van der Waals surface area contributed by atoms with Crippen molar-refractivity contribution in [2.75, 3.05) is 0 Å². The first kappa shape index (κ1) is 27.1. The van der Waals surface area contributed by atoms with E-state index in [4.69, 9.17) is 9.97 Å². The van der Waals surface area contributed by atoms with Crippen molar-refractivity contribution >= 4 is 65.4 Å². The summed E-state index contributed by atoms with van der Waals surface area (Å²) < 4.78 is 9.08. The van der Waals surface area contributed by atoms with E-state index in [1.165, 1.54) is 43.4 Å². The van der Waals surface area contributed by atoms with Crippen LogP contribution in [0.4, 0.5) is 0 Å². The van der Waals surface area contributed by atoms with E-state index in [0.717, 1.165) is 45.1 Å². The Balaban J connectivity index is 1.14. The molecule has 0 N–H and O–H groups in total. The molecule has 11 rings (SSSR count). The molecule has 0 unspecified atom stereocenters. The Morgan fingerprint density at radius 1 is 0.340 bits per heavy atom. The van der Waals surface area contributed by atoms with Gasteiger partial charge >= 0.3 is 0 Å². The first-order chi connectivity index (χ1) is 24.8. The van der Waals surface area contributed by atoms with Gasteiger partial charge in [0.15, 0.2) is 0 Å². The lowest BCUT2D eigenvalue weighted by Gasteiger charge is -2.11. The van der Waals surface area contributed by atoms with Crippen LogP contribution < -0.4 is 0 Å². The quantitative estimate of drug-likeness (QED) is 0.192. The van der Waals surface area contributed by atoms with Crippen molar-refractivity contribution in [3.8, 4) is 23.0 Å². The topological polar surface area (TPSA) is 45.5 Å². The number of hydrogen-bond donors (Lipinski definition) is 0. The Kier molecular flexibility index (Phi) is 5.57. The van der Waals surface area contributed by atoms with Crippen molar-refractivity contribution in [3.05, 3.63) is 170 Å². The molecule has 0 aliphatic heterocycles. The molecule has 0 fully saturated rings. The highest BCUT2D eigenvalue weighted by Gasteiger charge is 2.19. The summed E-state index contributed by atoms with van der Waals surface area (Å²) in [7, 11) is 0. The van der Waals surface area contributed by atoms with Gasteiger partial charge in [0.25, 0.3) is 0 Å². The monoisotopic (exact) mass is 640 g/mol. The summed E-state index contributed by atoms with van der Waals surface area (Å²) >= 11 is 0. The molecule has 11 aromatic rings. The lowest BCUT2D eigenvalue weighted by atomic mass is 10.1. The number of fused-ring (bicyclic) bond motifs is 8. The molecule has 5 aromatic heterocycles. The molecule has 0 atom stereocenters. The molecular formula is C44H28N6. The summed E-state index contributed by atoms with van der Waals surface area (Å²) in [6.07, 6.45) is 6.00. The summed E-state index contributed by atoms with van der Waals surface area (Å²) in [4.78, 5) is 9.80. The summed E-state index contributed by atoms with van der Waals surface area (Å²) in [5.41, 5.74) is 9.08. The van der Waals surface area contributed by atoms with Crippen LogP contribution in [0, 0.1) is 0 Å². The number of rotatable bonds is 4. The van der Waals surface area contributed by atoms with Gasteiger partial charge in [0, 0.05) is 62.2 Å². The van der Waals surface area contributed by atoms with E-state index in [1.807, 2.05) is 0 Å². The average molecular weight is 641 g/mol. The van der Waals surface area contributed by atoms with Crippen molar-refractivity contribution in [2.45, 2.75) is 0 Å². The second-order valence-electron chi connectivity index (χ2n) is 12.8. The van der Waals surface area contributed by atoms with Crippen molar-refractivity contribution in [1.29, 1.82) is 0 Å². The van der Waals surface area contributed by atoms with Crippen LogP contribution >= 0.6 is 0 Å². The second kappa shape index (κ2) is 10.3. The van der Waals surface area contributed by atoms with Crippen LogP contribution in [0.15, 0.2) is 170 Å². The van der Waals surface area contributed by atoms with E-state index in [0.29, 0.717) is 0 Å².